The van der Waals surface area contributed by atoms with E-state index < -0.39 is 0 Å². The van der Waals surface area contributed by atoms with E-state index in [0.717, 1.165) is 19.6 Å². The lowest BCUT2D eigenvalue weighted by Crippen LogP contribution is -2.36. The van der Waals surface area contributed by atoms with E-state index in [9.17, 15) is 0 Å². The maximum atomic E-state index is 4.31. The third-order valence-corrected chi connectivity index (χ3v) is 3.62. The number of hydrogen-bond donors (Lipinski definition) is 1. The predicted molar refractivity (Wildman–Crippen MR) is 70.0 cm³/mol. The van der Waals surface area contributed by atoms with Crippen LogP contribution in [-0.4, -0.2) is 40.6 Å². The summed E-state index contributed by atoms with van der Waals surface area (Å²) in [6, 6.07) is 0.611. The summed E-state index contributed by atoms with van der Waals surface area (Å²) in [6.45, 7) is 9.91. The van der Waals surface area contributed by atoms with Crippen LogP contribution >= 0.6 is 0 Å². The summed E-state index contributed by atoms with van der Waals surface area (Å²) in [5.41, 5.74) is 1.31. The van der Waals surface area contributed by atoms with Crippen LogP contribution in [0.1, 0.15) is 38.4 Å². The highest BCUT2D eigenvalue weighted by molar-refractivity contribution is 5.01. The van der Waals surface area contributed by atoms with Crippen LogP contribution in [0.4, 0.5) is 0 Å². The third-order valence-electron chi connectivity index (χ3n) is 3.62. The first-order valence-corrected chi connectivity index (χ1v) is 6.79. The van der Waals surface area contributed by atoms with Gasteiger partial charge < -0.3 is 14.8 Å². The molecule has 2 heterocycles. The Kier molecular flexibility index (Phi) is 4.57. The van der Waals surface area contributed by atoms with Crippen LogP contribution in [0.2, 0.25) is 0 Å². The molecular formula is C13H24N4. The number of likely N-dealkylation sites (tertiary alicyclic amines) is 1. The lowest BCUT2D eigenvalue weighted by molar-refractivity contribution is 0.183. The zero-order valence-corrected chi connectivity index (χ0v) is 11.0. The molecule has 1 N–H and O–H groups in total. The van der Waals surface area contributed by atoms with Crippen LogP contribution in [0.5, 0.6) is 0 Å². The van der Waals surface area contributed by atoms with Crippen molar-refractivity contribution in [2.24, 2.45) is 0 Å². The van der Waals surface area contributed by atoms with Gasteiger partial charge in [0, 0.05) is 25.3 Å². The van der Waals surface area contributed by atoms with Gasteiger partial charge in [-0.3, -0.25) is 0 Å². The molecule has 96 valence electrons. The van der Waals surface area contributed by atoms with Gasteiger partial charge in [-0.15, -0.1) is 0 Å². The average molecular weight is 236 g/mol. The minimum Gasteiger partial charge on any atom is -0.329 e. The number of likely N-dealkylation sites (N-methyl/N-ethyl adjacent to an activating group) is 1. The van der Waals surface area contributed by atoms with Crippen molar-refractivity contribution in [2.45, 2.75) is 39.3 Å². The molecule has 4 heteroatoms. The van der Waals surface area contributed by atoms with Gasteiger partial charge in [-0.2, -0.15) is 0 Å². The van der Waals surface area contributed by atoms with Gasteiger partial charge in [-0.25, -0.2) is 4.98 Å². The summed E-state index contributed by atoms with van der Waals surface area (Å²) < 4.78 is 2.37. The third kappa shape index (κ3) is 3.07. The van der Waals surface area contributed by atoms with E-state index >= 15 is 0 Å². The summed E-state index contributed by atoms with van der Waals surface area (Å²) in [6.07, 6.45) is 6.58. The van der Waals surface area contributed by atoms with Gasteiger partial charge in [-0.05, 0) is 32.5 Å². The molecule has 1 aliphatic heterocycles. The minimum atomic E-state index is 0.611. The van der Waals surface area contributed by atoms with Crippen molar-refractivity contribution in [2.75, 3.05) is 26.2 Å². The van der Waals surface area contributed by atoms with E-state index in [0.29, 0.717) is 6.04 Å². The van der Waals surface area contributed by atoms with Crippen molar-refractivity contribution < 1.29 is 0 Å². The molecule has 4 nitrogen and oxygen atoms in total. The Morgan fingerprint density at radius 3 is 3.12 bits per heavy atom. The highest BCUT2D eigenvalue weighted by atomic mass is 15.2. The molecule has 0 spiro atoms. The van der Waals surface area contributed by atoms with Crippen molar-refractivity contribution >= 4 is 0 Å². The number of piperidine rings is 1. The quantitative estimate of drug-likeness (QED) is 0.844. The molecule has 0 saturated carbocycles. The van der Waals surface area contributed by atoms with Crippen LogP contribution in [0.15, 0.2) is 12.5 Å². The lowest BCUT2D eigenvalue weighted by atomic mass is 10.1. The highest BCUT2D eigenvalue weighted by Gasteiger charge is 2.21. The summed E-state index contributed by atoms with van der Waals surface area (Å²) in [7, 11) is 0. The first-order valence-electron chi connectivity index (χ1n) is 6.79. The molecule has 0 aliphatic carbocycles. The van der Waals surface area contributed by atoms with Crippen LogP contribution in [-0.2, 0) is 6.54 Å². The molecule has 1 fully saturated rings. The highest BCUT2D eigenvalue weighted by Crippen LogP contribution is 2.22. The minimum absolute atomic E-state index is 0.611. The van der Waals surface area contributed by atoms with Gasteiger partial charge >= 0.3 is 0 Å². The van der Waals surface area contributed by atoms with Crippen molar-refractivity contribution in [3.63, 3.8) is 0 Å². The van der Waals surface area contributed by atoms with Crippen LogP contribution in [0.3, 0.4) is 0 Å². The topological polar surface area (TPSA) is 33.1 Å². The van der Waals surface area contributed by atoms with E-state index in [2.05, 4.69) is 33.6 Å². The zero-order valence-electron chi connectivity index (χ0n) is 11.0. The molecule has 1 saturated heterocycles. The van der Waals surface area contributed by atoms with Crippen molar-refractivity contribution in [1.29, 1.82) is 0 Å². The SMILES string of the molecule is CCNCc1cncn1C1CCCN(CC)C1. The normalized spacial score (nSPS) is 21.9. The Bertz CT molecular complexity index is 334. The fourth-order valence-corrected chi connectivity index (χ4v) is 2.60. The van der Waals surface area contributed by atoms with Gasteiger partial charge in [0.25, 0.3) is 0 Å². The van der Waals surface area contributed by atoms with Crippen molar-refractivity contribution in [3.05, 3.63) is 18.2 Å². The Morgan fingerprint density at radius 2 is 2.35 bits per heavy atom. The standard InChI is InChI=1S/C13H24N4/c1-3-14-8-13-9-15-11-17(13)12-6-5-7-16(4-2)10-12/h9,11-12,14H,3-8,10H2,1-2H3. The first kappa shape index (κ1) is 12.6. The Morgan fingerprint density at radius 1 is 1.47 bits per heavy atom. The number of rotatable bonds is 5. The van der Waals surface area contributed by atoms with Gasteiger partial charge in [0.2, 0.25) is 0 Å². The summed E-state index contributed by atoms with van der Waals surface area (Å²) in [4.78, 5) is 6.84. The molecule has 0 aromatic carbocycles. The smallest absolute Gasteiger partial charge is 0.0951 e. The van der Waals surface area contributed by atoms with Crippen LogP contribution < -0.4 is 5.32 Å². The van der Waals surface area contributed by atoms with Gasteiger partial charge in [0.1, 0.15) is 0 Å². The molecule has 17 heavy (non-hydrogen) atoms. The van der Waals surface area contributed by atoms with Crippen LogP contribution in [0, 0.1) is 0 Å². The number of imidazole rings is 1. The molecule has 1 aliphatic rings. The fourth-order valence-electron chi connectivity index (χ4n) is 2.60. The number of nitrogens with one attached hydrogen (secondary N) is 1. The van der Waals surface area contributed by atoms with E-state index in [1.165, 1.54) is 31.6 Å². The first-order chi connectivity index (χ1) is 8.35. The summed E-state index contributed by atoms with van der Waals surface area (Å²) in [5, 5.41) is 3.38. The predicted octanol–water partition coefficient (Wildman–Crippen LogP) is 1.65. The van der Waals surface area contributed by atoms with E-state index in [1.807, 2.05) is 12.5 Å². The van der Waals surface area contributed by atoms with Gasteiger partial charge in [0.15, 0.2) is 0 Å². The Balaban J connectivity index is 2.02. The van der Waals surface area contributed by atoms with E-state index in [1.54, 1.807) is 0 Å². The van der Waals surface area contributed by atoms with Crippen LogP contribution in [0.25, 0.3) is 0 Å². The second kappa shape index (κ2) is 6.17. The maximum absolute atomic E-state index is 4.31. The second-order valence-electron chi connectivity index (χ2n) is 4.76. The lowest BCUT2D eigenvalue weighted by Gasteiger charge is -2.33. The summed E-state index contributed by atoms with van der Waals surface area (Å²) in [5.74, 6) is 0. The fraction of sp³-hybridized carbons (Fsp3) is 0.769. The zero-order chi connectivity index (χ0) is 12.1. The molecule has 1 unspecified atom stereocenters. The number of nitrogens with zero attached hydrogens (tertiary/aromatic N) is 3. The maximum Gasteiger partial charge on any atom is 0.0951 e. The number of hydrogen-bond acceptors (Lipinski definition) is 3. The molecule has 0 bridgehead atoms. The molecule has 0 radical (unpaired) electrons. The Hall–Kier alpha value is -0.870. The Labute approximate surface area is 104 Å². The second-order valence-corrected chi connectivity index (χ2v) is 4.76. The summed E-state index contributed by atoms with van der Waals surface area (Å²) >= 11 is 0. The van der Waals surface area contributed by atoms with Crippen molar-refractivity contribution in [1.82, 2.24) is 19.8 Å². The monoisotopic (exact) mass is 236 g/mol. The molecular weight excluding hydrogens is 212 g/mol. The van der Waals surface area contributed by atoms with E-state index in [-0.39, 0.29) is 0 Å². The molecule has 1 aromatic rings. The largest absolute Gasteiger partial charge is 0.329 e. The van der Waals surface area contributed by atoms with E-state index in [4.69, 9.17) is 0 Å². The average Bonchev–Trinajstić information content (AvgIpc) is 2.84. The molecule has 1 atom stereocenters. The molecule has 2 rings (SSSR count). The van der Waals surface area contributed by atoms with Gasteiger partial charge in [-0.1, -0.05) is 13.8 Å². The van der Waals surface area contributed by atoms with Gasteiger partial charge in [0.05, 0.1) is 12.0 Å². The van der Waals surface area contributed by atoms with Crippen molar-refractivity contribution in [3.8, 4) is 0 Å². The molecule has 0 amide bonds. The number of aromatic nitrogens is 2. The molecule has 1 aromatic heterocycles.